The zero-order chi connectivity index (χ0) is 15.3. The number of hydrogen-bond acceptors (Lipinski definition) is 2. The van der Waals surface area contributed by atoms with Crippen molar-refractivity contribution in [2.24, 2.45) is 11.7 Å². The Morgan fingerprint density at radius 2 is 1.85 bits per heavy atom. The topological polar surface area (TPSA) is 55.1 Å². The fourth-order valence-corrected chi connectivity index (χ4v) is 1.94. The van der Waals surface area contributed by atoms with Gasteiger partial charge in [-0.15, -0.1) is 0 Å². The average molecular weight is 284 g/mol. The predicted molar refractivity (Wildman–Crippen MR) is 75.1 cm³/mol. The van der Waals surface area contributed by atoms with Gasteiger partial charge in [0.05, 0.1) is 6.04 Å². The monoisotopic (exact) mass is 284 g/mol. The molecule has 1 rings (SSSR count). The highest BCUT2D eigenvalue weighted by Crippen LogP contribution is 2.14. The van der Waals surface area contributed by atoms with E-state index in [1.165, 1.54) is 18.2 Å². The standard InChI is InChI=1S/C15H22F2N2O/c1-4-9(2)14(18)15(20)19-10(3)8-11-12(16)6-5-7-13(11)17/h5-7,9-10,14H,4,8,18H2,1-3H3,(H,19,20)/t9?,10?,14-/m0/s1. The van der Waals surface area contributed by atoms with Gasteiger partial charge in [-0.2, -0.15) is 0 Å². The Morgan fingerprint density at radius 1 is 1.30 bits per heavy atom. The Balaban J connectivity index is 2.64. The summed E-state index contributed by atoms with van der Waals surface area (Å²) in [5, 5.41) is 2.70. The van der Waals surface area contributed by atoms with Gasteiger partial charge in [-0.25, -0.2) is 8.78 Å². The Kier molecular flexibility index (Phi) is 6.07. The van der Waals surface area contributed by atoms with Crippen molar-refractivity contribution in [2.45, 2.75) is 45.7 Å². The summed E-state index contributed by atoms with van der Waals surface area (Å²) in [6, 6.07) is 2.74. The van der Waals surface area contributed by atoms with Crippen LogP contribution in [0, 0.1) is 17.6 Å². The number of carbonyl (C=O) groups excluding carboxylic acids is 1. The normalized spacial score (nSPS) is 15.5. The van der Waals surface area contributed by atoms with Gasteiger partial charge >= 0.3 is 0 Å². The maximum absolute atomic E-state index is 13.5. The summed E-state index contributed by atoms with van der Waals surface area (Å²) in [7, 11) is 0. The highest BCUT2D eigenvalue weighted by Gasteiger charge is 2.21. The summed E-state index contributed by atoms with van der Waals surface area (Å²) in [6.45, 7) is 5.55. The SMILES string of the molecule is CCC(C)[C@H](N)C(=O)NC(C)Cc1c(F)cccc1F. The third-order valence-electron chi connectivity index (χ3n) is 3.52. The van der Waals surface area contributed by atoms with Crippen LogP contribution in [0.2, 0.25) is 0 Å². The van der Waals surface area contributed by atoms with E-state index in [1.54, 1.807) is 6.92 Å². The Bertz CT molecular complexity index is 445. The van der Waals surface area contributed by atoms with Crippen molar-refractivity contribution < 1.29 is 13.6 Å². The molecule has 0 radical (unpaired) electrons. The largest absolute Gasteiger partial charge is 0.352 e. The number of amides is 1. The summed E-state index contributed by atoms with van der Waals surface area (Å²) in [6.07, 6.45) is 0.891. The van der Waals surface area contributed by atoms with E-state index < -0.39 is 17.7 Å². The highest BCUT2D eigenvalue weighted by molar-refractivity contribution is 5.82. The minimum Gasteiger partial charge on any atom is -0.352 e. The molecule has 1 aromatic rings. The lowest BCUT2D eigenvalue weighted by molar-refractivity contribution is -0.124. The maximum atomic E-state index is 13.5. The molecule has 1 aromatic carbocycles. The van der Waals surface area contributed by atoms with E-state index >= 15 is 0 Å². The number of benzene rings is 1. The van der Waals surface area contributed by atoms with Gasteiger partial charge in [-0.05, 0) is 31.4 Å². The smallest absolute Gasteiger partial charge is 0.237 e. The molecule has 3 nitrogen and oxygen atoms in total. The van der Waals surface area contributed by atoms with Crippen LogP contribution in [0.15, 0.2) is 18.2 Å². The minimum absolute atomic E-state index is 0.0163. The Labute approximate surface area is 118 Å². The predicted octanol–water partition coefficient (Wildman–Crippen LogP) is 2.39. The van der Waals surface area contributed by atoms with E-state index in [2.05, 4.69) is 5.32 Å². The Morgan fingerprint density at radius 3 is 2.35 bits per heavy atom. The molecule has 0 saturated heterocycles. The first kappa shape index (κ1) is 16.6. The summed E-state index contributed by atoms with van der Waals surface area (Å²) in [5.41, 5.74) is 5.80. The van der Waals surface area contributed by atoms with Gasteiger partial charge in [0, 0.05) is 11.6 Å². The van der Waals surface area contributed by atoms with Crippen LogP contribution in [0.1, 0.15) is 32.8 Å². The van der Waals surface area contributed by atoms with Crippen LogP contribution in [0.3, 0.4) is 0 Å². The molecule has 0 aliphatic heterocycles. The molecule has 0 fully saturated rings. The fraction of sp³-hybridized carbons (Fsp3) is 0.533. The maximum Gasteiger partial charge on any atom is 0.237 e. The first-order chi connectivity index (χ1) is 9.36. The number of halogens is 2. The third-order valence-corrected chi connectivity index (χ3v) is 3.52. The summed E-state index contributed by atoms with van der Waals surface area (Å²) in [5.74, 6) is -1.43. The van der Waals surface area contributed by atoms with E-state index in [4.69, 9.17) is 5.73 Å². The number of nitrogens with two attached hydrogens (primary N) is 1. The van der Waals surface area contributed by atoms with Gasteiger partial charge < -0.3 is 11.1 Å². The summed E-state index contributed by atoms with van der Waals surface area (Å²) >= 11 is 0. The molecule has 2 unspecified atom stereocenters. The van der Waals surface area contributed by atoms with Crippen LogP contribution in [0.4, 0.5) is 8.78 Å². The lowest BCUT2D eigenvalue weighted by atomic mass is 9.98. The molecule has 20 heavy (non-hydrogen) atoms. The van der Waals surface area contributed by atoms with Crippen LogP contribution in [-0.2, 0) is 11.2 Å². The first-order valence-corrected chi connectivity index (χ1v) is 6.85. The molecular formula is C15H22F2N2O. The zero-order valence-electron chi connectivity index (χ0n) is 12.1. The molecule has 1 amide bonds. The van der Waals surface area contributed by atoms with Crippen molar-refractivity contribution in [3.05, 3.63) is 35.4 Å². The summed E-state index contributed by atoms with van der Waals surface area (Å²) in [4.78, 5) is 11.9. The number of hydrogen-bond donors (Lipinski definition) is 2. The quantitative estimate of drug-likeness (QED) is 0.842. The first-order valence-electron chi connectivity index (χ1n) is 6.85. The third kappa shape index (κ3) is 4.27. The number of nitrogens with one attached hydrogen (secondary N) is 1. The van der Waals surface area contributed by atoms with Crippen LogP contribution in [-0.4, -0.2) is 18.0 Å². The van der Waals surface area contributed by atoms with Crippen molar-refractivity contribution in [3.8, 4) is 0 Å². The zero-order valence-corrected chi connectivity index (χ0v) is 12.1. The average Bonchev–Trinajstić information content (AvgIpc) is 2.41. The van der Waals surface area contributed by atoms with Crippen LogP contribution in [0.25, 0.3) is 0 Å². The second kappa shape index (κ2) is 7.33. The minimum atomic E-state index is -0.604. The number of carbonyl (C=O) groups is 1. The molecule has 112 valence electrons. The van der Waals surface area contributed by atoms with Crippen molar-refractivity contribution in [3.63, 3.8) is 0 Å². The molecule has 0 aliphatic carbocycles. The highest BCUT2D eigenvalue weighted by atomic mass is 19.1. The van der Waals surface area contributed by atoms with Crippen LogP contribution < -0.4 is 11.1 Å². The fourth-order valence-electron chi connectivity index (χ4n) is 1.94. The van der Waals surface area contributed by atoms with Gasteiger partial charge in [0.1, 0.15) is 11.6 Å². The molecule has 0 aliphatic rings. The molecule has 0 spiro atoms. The Hall–Kier alpha value is -1.49. The molecular weight excluding hydrogens is 262 g/mol. The van der Waals surface area contributed by atoms with Crippen molar-refractivity contribution >= 4 is 5.91 Å². The van der Waals surface area contributed by atoms with Crippen molar-refractivity contribution in [1.82, 2.24) is 5.32 Å². The van der Waals surface area contributed by atoms with Gasteiger partial charge in [-0.3, -0.25) is 4.79 Å². The molecule has 0 aromatic heterocycles. The lowest BCUT2D eigenvalue weighted by Crippen LogP contribution is -2.48. The van der Waals surface area contributed by atoms with E-state index in [-0.39, 0.29) is 29.9 Å². The van der Waals surface area contributed by atoms with Crippen molar-refractivity contribution in [2.75, 3.05) is 0 Å². The molecule has 0 bridgehead atoms. The second-order valence-corrected chi connectivity index (χ2v) is 5.23. The van der Waals surface area contributed by atoms with E-state index in [0.29, 0.717) is 0 Å². The second-order valence-electron chi connectivity index (χ2n) is 5.23. The van der Waals surface area contributed by atoms with Gasteiger partial charge in [0.15, 0.2) is 0 Å². The molecule has 5 heteroatoms. The van der Waals surface area contributed by atoms with E-state index in [0.717, 1.165) is 6.42 Å². The van der Waals surface area contributed by atoms with E-state index in [1.807, 2.05) is 13.8 Å². The number of rotatable bonds is 6. The summed E-state index contributed by atoms with van der Waals surface area (Å²) < 4.78 is 27.0. The van der Waals surface area contributed by atoms with Crippen molar-refractivity contribution in [1.29, 1.82) is 0 Å². The van der Waals surface area contributed by atoms with Crippen LogP contribution >= 0.6 is 0 Å². The molecule has 3 N–H and O–H groups in total. The van der Waals surface area contributed by atoms with Gasteiger partial charge in [0.2, 0.25) is 5.91 Å². The lowest BCUT2D eigenvalue weighted by Gasteiger charge is -2.21. The van der Waals surface area contributed by atoms with Crippen LogP contribution in [0.5, 0.6) is 0 Å². The molecule has 0 heterocycles. The van der Waals surface area contributed by atoms with E-state index in [9.17, 15) is 13.6 Å². The van der Waals surface area contributed by atoms with Gasteiger partial charge in [0.25, 0.3) is 0 Å². The molecule has 0 saturated carbocycles. The molecule has 3 atom stereocenters. The van der Waals surface area contributed by atoms with Gasteiger partial charge in [-0.1, -0.05) is 26.3 Å².